The molecule has 0 heterocycles. The molecule has 0 amide bonds. The average Bonchev–Trinajstić information content (AvgIpc) is 2.11. The summed E-state index contributed by atoms with van der Waals surface area (Å²) in [7, 11) is 0. The number of rotatable bonds is 3. The molecule has 0 saturated heterocycles. The summed E-state index contributed by atoms with van der Waals surface area (Å²) in [5.74, 6) is -0.323. The molecule has 2 nitrogen and oxygen atoms in total. The number of hydrogen-bond acceptors (Lipinski definition) is 2. The highest BCUT2D eigenvalue weighted by atomic mass is 79.9. The molecule has 0 aromatic heterocycles. The van der Waals surface area contributed by atoms with Gasteiger partial charge in [0.1, 0.15) is 17.4 Å². The summed E-state index contributed by atoms with van der Waals surface area (Å²) in [6.45, 7) is 2.29. The monoisotopic (exact) mass is 281 g/mol. The molecule has 0 aliphatic carbocycles. The highest BCUT2D eigenvalue weighted by molar-refractivity contribution is 9.09. The van der Waals surface area contributed by atoms with E-state index in [1.54, 1.807) is 0 Å². The van der Waals surface area contributed by atoms with Crippen molar-refractivity contribution in [1.29, 1.82) is 0 Å². The first-order valence-electron chi connectivity index (χ1n) is 4.02. The second kappa shape index (κ2) is 4.84. The minimum atomic E-state index is -0.530. The Kier molecular flexibility index (Phi) is 4.01. The first-order valence-corrected chi connectivity index (χ1v) is 5.32. The average molecular weight is 283 g/mol. The van der Waals surface area contributed by atoms with E-state index in [0.717, 1.165) is 0 Å². The second-order valence-corrected chi connectivity index (χ2v) is 4.81. The molecule has 1 aromatic carbocycles. The highest BCUT2D eigenvalue weighted by Crippen LogP contribution is 2.33. The fourth-order valence-corrected chi connectivity index (χ4v) is 1.25. The molecule has 2 N–H and O–H groups in total. The molecule has 0 bridgehead atoms. The third kappa shape index (κ3) is 2.75. The fourth-order valence-electron chi connectivity index (χ4n) is 0.892. The SMILES string of the molecule is CC(Br)COc1c(N)ccc(F)c1Cl. The normalized spacial score (nSPS) is 12.6. The topological polar surface area (TPSA) is 35.2 Å². The highest BCUT2D eigenvalue weighted by Gasteiger charge is 2.11. The van der Waals surface area contributed by atoms with Gasteiger partial charge >= 0.3 is 0 Å². The minimum Gasteiger partial charge on any atom is -0.489 e. The van der Waals surface area contributed by atoms with Crippen molar-refractivity contribution in [3.8, 4) is 5.75 Å². The quantitative estimate of drug-likeness (QED) is 0.682. The van der Waals surface area contributed by atoms with E-state index in [4.69, 9.17) is 22.1 Å². The van der Waals surface area contributed by atoms with Crippen LogP contribution >= 0.6 is 27.5 Å². The van der Waals surface area contributed by atoms with Crippen molar-refractivity contribution >= 4 is 33.2 Å². The molecule has 1 aromatic rings. The summed E-state index contributed by atoms with van der Waals surface area (Å²) in [6, 6.07) is 2.64. The fraction of sp³-hybridized carbons (Fsp3) is 0.333. The van der Waals surface area contributed by atoms with Gasteiger partial charge < -0.3 is 10.5 Å². The molecule has 1 rings (SSSR count). The zero-order valence-electron chi connectivity index (χ0n) is 7.56. The molecule has 78 valence electrons. The van der Waals surface area contributed by atoms with Crippen LogP contribution in [0.25, 0.3) is 0 Å². The van der Waals surface area contributed by atoms with Crippen molar-refractivity contribution in [3.05, 3.63) is 23.0 Å². The minimum absolute atomic E-state index is 0.0712. The molecule has 0 aliphatic heterocycles. The van der Waals surface area contributed by atoms with Crippen molar-refractivity contribution in [1.82, 2.24) is 0 Å². The largest absolute Gasteiger partial charge is 0.489 e. The van der Waals surface area contributed by atoms with E-state index >= 15 is 0 Å². The lowest BCUT2D eigenvalue weighted by Crippen LogP contribution is -2.08. The summed E-state index contributed by atoms with van der Waals surface area (Å²) in [6.07, 6.45) is 0. The van der Waals surface area contributed by atoms with Crippen molar-refractivity contribution < 1.29 is 9.13 Å². The van der Waals surface area contributed by atoms with Crippen LogP contribution in [0.5, 0.6) is 5.75 Å². The van der Waals surface area contributed by atoms with E-state index in [9.17, 15) is 4.39 Å². The van der Waals surface area contributed by atoms with E-state index in [-0.39, 0.29) is 15.6 Å². The lowest BCUT2D eigenvalue weighted by molar-refractivity contribution is 0.324. The lowest BCUT2D eigenvalue weighted by Gasteiger charge is -2.11. The molecule has 0 aliphatic rings. The van der Waals surface area contributed by atoms with Gasteiger partial charge in [0.2, 0.25) is 0 Å². The van der Waals surface area contributed by atoms with Crippen LogP contribution in [0, 0.1) is 5.82 Å². The van der Waals surface area contributed by atoms with Crippen LogP contribution in [0.2, 0.25) is 5.02 Å². The van der Waals surface area contributed by atoms with E-state index in [1.165, 1.54) is 12.1 Å². The van der Waals surface area contributed by atoms with Gasteiger partial charge in [0.05, 0.1) is 5.69 Å². The molecule has 0 radical (unpaired) electrons. The Hall–Kier alpha value is -0.480. The van der Waals surface area contributed by atoms with Gasteiger partial charge in [-0.1, -0.05) is 27.5 Å². The van der Waals surface area contributed by atoms with E-state index in [2.05, 4.69) is 15.9 Å². The number of nitrogens with two attached hydrogens (primary N) is 1. The van der Waals surface area contributed by atoms with Crippen LogP contribution in [0.4, 0.5) is 10.1 Å². The Morgan fingerprint density at radius 1 is 1.64 bits per heavy atom. The number of hydrogen-bond donors (Lipinski definition) is 1. The number of nitrogen functional groups attached to an aromatic ring is 1. The van der Waals surface area contributed by atoms with Gasteiger partial charge in [-0.25, -0.2) is 4.39 Å². The van der Waals surface area contributed by atoms with Crippen molar-refractivity contribution in [2.45, 2.75) is 11.8 Å². The van der Waals surface area contributed by atoms with E-state index in [0.29, 0.717) is 12.3 Å². The third-order valence-corrected chi connectivity index (χ3v) is 2.15. The molecule has 0 saturated carbocycles. The van der Waals surface area contributed by atoms with Crippen LogP contribution in [-0.2, 0) is 0 Å². The summed E-state index contributed by atoms with van der Waals surface area (Å²) in [5.41, 5.74) is 5.92. The maximum absolute atomic E-state index is 13.0. The zero-order valence-corrected chi connectivity index (χ0v) is 9.90. The summed E-state index contributed by atoms with van der Waals surface area (Å²) in [5, 5.41) is -0.0712. The van der Waals surface area contributed by atoms with Crippen molar-refractivity contribution in [2.75, 3.05) is 12.3 Å². The van der Waals surface area contributed by atoms with Crippen LogP contribution in [-0.4, -0.2) is 11.4 Å². The number of anilines is 1. The van der Waals surface area contributed by atoms with Gasteiger partial charge in [-0.3, -0.25) is 0 Å². The summed E-state index contributed by atoms with van der Waals surface area (Å²) < 4.78 is 18.3. The molecule has 5 heteroatoms. The van der Waals surface area contributed by atoms with Gasteiger partial charge in [0.25, 0.3) is 0 Å². The van der Waals surface area contributed by atoms with Gasteiger partial charge in [-0.2, -0.15) is 0 Å². The predicted molar refractivity (Wildman–Crippen MR) is 59.7 cm³/mol. The predicted octanol–water partition coefficient (Wildman–Crippen LogP) is 3.22. The van der Waals surface area contributed by atoms with Crippen LogP contribution in [0.1, 0.15) is 6.92 Å². The van der Waals surface area contributed by atoms with Crippen LogP contribution in [0.15, 0.2) is 12.1 Å². The first-order chi connectivity index (χ1) is 6.52. The maximum atomic E-state index is 13.0. The summed E-state index contributed by atoms with van der Waals surface area (Å²) in [4.78, 5) is 0.154. The molecule has 0 spiro atoms. The molecular formula is C9H10BrClFNO. The molecule has 1 unspecified atom stereocenters. The van der Waals surface area contributed by atoms with Crippen molar-refractivity contribution in [2.24, 2.45) is 0 Å². The Balaban J connectivity index is 2.89. The summed E-state index contributed by atoms with van der Waals surface area (Å²) >= 11 is 8.98. The van der Waals surface area contributed by atoms with Crippen LogP contribution in [0.3, 0.4) is 0 Å². The number of ether oxygens (including phenoxy) is 1. The second-order valence-electron chi connectivity index (χ2n) is 2.87. The first kappa shape index (κ1) is 11.6. The maximum Gasteiger partial charge on any atom is 0.163 e. The zero-order chi connectivity index (χ0) is 10.7. The van der Waals surface area contributed by atoms with Gasteiger partial charge in [-0.15, -0.1) is 0 Å². The van der Waals surface area contributed by atoms with Gasteiger partial charge in [-0.05, 0) is 19.1 Å². The Morgan fingerprint density at radius 2 is 2.29 bits per heavy atom. The number of benzene rings is 1. The van der Waals surface area contributed by atoms with E-state index in [1.807, 2.05) is 6.92 Å². The van der Waals surface area contributed by atoms with Gasteiger partial charge in [0, 0.05) is 4.83 Å². The van der Waals surface area contributed by atoms with E-state index < -0.39 is 5.82 Å². The molecular weight excluding hydrogens is 272 g/mol. The smallest absolute Gasteiger partial charge is 0.163 e. The standard InChI is InChI=1S/C9H10BrClFNO/c1-5(10)4-14-9-7(13)3-2-6(12)8(9)11/h2-3,5H,4,13H2,1H3. The van der Waals surface area contributed by atoms with Gasteiger partial charge in [0.15, 0.2) is 5.75 Å². The molecule has 0 fully saturated rings. The Morgan fingerprint density at radius 3 is 2.86 bits per heavy atom. The number of halogens is 3. The molecule has 14 heavy (non-hydrogen) atoms. The molecule has 1 atom stereocenters. The van der Waals surface area contributed by atoms with Crippen molar-refractivity contribution in [3.63, 3.8) is 0 Å². The Labute approximate surface area is 95.3 Å². The Bertz CT molecular complexity index is 333. The third-order valence-electron chi connectivity index (χ3n) is 1.54. The number of alkyl halides is 1. The van der Waals surface area contributed by atoms with Crippen LogP contribution < -0.4 is 10.5 Å². The lowest BCUT2D eigenvalue weighted by atomic mass is 10.3.